The Kier molecular flexibility index (Phi) is 4.57. The average Bonchev–Trinajstić information content (AvgIpc) is 2.90. The molecule has 0 radical (unpaired) electrons. The van der Waals surface area contributed by atoms with Crippen LogP contribution >= 0.6 is 0 Å². The third-order valence-electron chi connectivity index (χ3n) is 4.46. The normalized spacial score (nSPS) is 10.7. The average molecular weight is 336 g/mol. The molecule has 3 rings (SSSR count). The molecule has 0 aliphatic rings. The van der Waals surface area contributed by atoms with Gasteiger partial charge in [-0.05, 0) is 55.3 Å². The van der Waals surface area contributed by atoms with E-state index in [1.807, 2.05) is 12.1 Å². The molecule has 25 heavy (non-hydrogen) atoms. The van der Waals surface area contributed by atoms with Crippen molar-refractivity contribution >= 4 is 5.69 Å². The molecule has 0 unspecified atom stereocenters. The summed E-state index contributed by atoms with van der Waals surface area (Å²) in [6.45, 7) is 4.92. The van der Waals surface area contributed by atoms with Gasteiger partial charge < -0.3 is 9.30 Å². The topological polar surface area (TPSA) is 57.3 Å². The second kappa shape index (κ2) is 6.81. The summed E-state index contributed by atoms with van der Waals surface area (Å²) >= 11 is 0. The van der Waals surface area contributed by atoms with Crippen molar-refractivity contribution in [3.8, 4) is 16.9 Å². The number of nitro groups is 1. The Hall–Kier alpha value is -3.08. The van der Waals surface area contributed by atoms with Gasteiger partial charge in [-0.3, -0.25) is 10.1 Å². The fraction of sp³-hybridized carbons (Fsp3) is 0.200. The van der Waals surface area contributed by atoms with Crippen LogP contribution in [0.5, 0.6) is 5.75 Å². The van der Waals surface area contributed by atoms with Gasteiger partial charge in [0.15, 0.2) is 0 Å². The van der Waals surface area contributed by atoms with Gasteiger partial charge in [0.1, 0.15) is 5.75 Å². The molecule has 1 heterocycles. The zero-order chi connectivity index (χ0) is 18.0. The second-order valence-corrected chi connectivity index (χ2v) is 6.02. The molecular formula is C20H20N2O3. The molecule has 0 fully saturated rings. The summed E-state index contributed by atoms with van der Waals surface area (Å²) < 4.78 is 7.45. The Bertz CT molecular complexity index is 894. The minimum atomic E-state index is -0.378. The molecule has 0 amide bonds. The monoisotopic (exact) mass is 336 g/mol. The number of nitrogens with zero attached hydrogens (tertiary/aromatic N) is 2. The highest BCUT2D eigenvalue weighted by atomic mass is 16.6. The van der Waals surface area contributed by atoms with Gasteiger partial charge in [-0.1, -0.05) is 12.1 Å². The largest absolute Gasteiger partial charge is 0.497 e. The fourth-order valence-corrected chi connectivity index (χ4v) is 3.01. The molecule has 0 atom stereocenters. The highest BCUT2D eigenvalue weighted by molar-refractivity contribution is 5.68. The van der Waals surface area contributed by atoms with Crippen LogP contribution in [0.1, 0.15) is 17.0 Å². The Balaban J connectivity index is 1.90. The van der Waals surface area contributed by atoms with Gasteiger partial charge in [0, 0.05) is 35.6 Å². The Labute approximate surface area is 146 Å². The summed E-state index contributed by atoms with van der Waals surface area (Å²) in [5, 5.41) is 10.8. The zero-order valence-electron chi connectivity index (χ0n) is 14.5. The molecule has 5 heteroatoms. The molecule has 0 bridgehead atoms. The van der Waals surface area contributed by atoms with E-state index in [2.05, 4.69) is 36.6 Å². The van der Waals surface area contributed by atoms with Crippen molar-refractivity contribution in [3.63, 3.8) is 0 Å². The van der Waals surface area contributed by atoms with Crippen LogP contribution in [0.3, 0.4) is 0 Å². The predicted octanol–water partition coefficient (Wildman–Crippen LogP) is 4.74. The highest BCUT2D eigenvalue weighted by Crippen LogP contribution is 2.29. The second-order valence-electron chi connectivity index (χ2n) is 6.02. The maximum Gasteiger partial charge on any atom is 0.269 e. The van der Waals surface area contributed by atoms with Crippen molar-refractivity contribution in [3.05, 3.63) is 81.7 Å². The number of ether oxygens (including phenoxy) is 1. The first-order chi connectivity index (χ1) is 12.0. The maximum atomic E-state index is 10.8. The number of aromatic nitrogens is 1. The lowest BCUT2D eigenvalue weighted by molar-refractivity contribution is -0.384. The number of non-ortho nitro benzene ring substituents is 1. The van der Waals surface area contributed by atoms with Crippen LogP contribution in [0, 0.1) is 24.0 Å². The standard InChI is InChI=1S/C20H20N2O3/c1-14-12-20(17-6-8-18(9-7-17)22(23)24)15(2)21(14)13-16-4-10-19(25-3)11-5-16/h4-12H,13H2,1-3H3. The van der Waals surface area contributed by atoms with E-state index in [0.717, 1.165) is 34.8 Å². The summed E-state index contributed by atoms with van der Waals surface area (Å²) in [7, 11) is 1.66. The molecule has 0 aliphatic carbocycles. The SMILES string of the molecule is COc1ccc(Cn2c(C)cc(-c3ccc([N+](=O)[O-])cc3)c2C)cc1. The quantitative estimate of drug-likeness (QED) is 0.499. The van der Waals surface area contributed by atoms with Crippen LogP contribution in [0.4, 0.5) is 5.69 Å². The first-order valence-corrected chi connectivity index (χ1v) is 8.04. The van der Waals surface area contributed by atoms with Crippen molar-refractivity contribution in [2.45, 2.75) is 20.4 Å². The van der Waals surface area contributed by atoms with Gasteiger partial charge in [0.25, 0.3) is 5.69 Å². The summed E-state index contributed by atoms with van der Waals surface area (Å²) in [6, 6.07) is 16.9. The third kappa shape index (κ3) is 3.40. The van der Waals surface area contributed by atoms with Crippen molar-refractivity contribution in [1.29, 1.82) is 0 Å². The maximum absolute atomic E-state index is 10.8. The van der Waals surface area contributed by atoms with Gasteiger partial charge >= 0.3 is 0 Å². The van der Waals surface area contributed by atoms with Gasteiger partial charge in [0.2, 0.25) is 0 Å². The van der Waals surface area contributed by atoms with Gasteiger partial charge in [0.05, 0.1) is 12.0 Å². The van der Waals surface area contributed by atoms with E-state index < -0.39 is 0 Å². The fourth-order valence-electron chi connectivity index (χ4n) is 3.01. The van der Waals surface area contributed by atoms with Gasteiger partial charge in [-0.15, -0.1) is 0 Å². The van der Waals surface area contributed by atoms with E-state index in [4.69, 9.17) is 4.74 Å². The van der Waals surface area contributed by atoms with Crippen LogP contribution in [0.15, 0.2) is 54.6 Å². The van der Waals surface area contributed by atoms with E-state index in [9.17, 15) is 10.1 Å². The lowest BCUT2D eigenvalue weighted by atomic mass is 10.1. The van der Waals surface area contributed by atoms with E-state index >= 15 is 0 Å². The summed E-state index contributed by atoms with van der Waals surface area (Å²) in [6.07, 6.45) is 0. The van der Waals surface area contributed by atoms with Crippen LogP contribution < -0.4 is 4.74 Å². The molecule has 0 N–H and O–H groups in total. The number of benzene rings is 2. The minimum Gasteiger partial charge on any atom is -0.497 e. The van der Waals surface area contributed by atoms with Crippen LogP contribution in [-0.2, 0) is 6.54 Å². The molecule has 128 valence electrons. The van der Waals surface area contributed by atoms with Crippen molar-refractivity contribution in [2.24, 2.45) is 0 Å². The number of aryl methyl sites for hydroxylation is 1. The first kappa shape index (κ1) is 16.8. The molecule has 0 saturated carbocycles. The summed E-state index contributed by atoms with van der Waals surface area (Å²) in [4.78, 5) is 10.4. The molecule has 1 aromatic heterocycles. The highest BCUT2D eigenvalue weighted by Gasteiger charge is 2.13. The Morgan fingerprint density at radius 1 is 1.04 bits per heavy atom. The van der Waals surface area contributed by atoms with Crippen molar-refractivity contribution < 1.29 is 9.66 Å². The lowest BCUT2D eigenvalue weighted by Gasteiger charge is -2.11. The number of hydrogen-bond acceptors (Lipinski definition) is 3. The molecule has 0 spiro atoms. The van der Waals surface area contributed by atoms with Crippen molar-refractivity contribution in [1.82, 2.24) is 4.57 Å². The number of rotatable bonds is 5. The first-order valence-electron chi connectivity index (χ1n) is 8.04. The van der Waals surface area contributed by atoms with Crippen molar-refractivity contribution in [2.75, 3.05) is 7.11 Å². The molecule has 3 aromatic rings. The summed E-state index contributed by atoms with van der Waals surface area (Å²) in [5.41, 5.74) is 5.68. The molecule has 0 saturated heterocycles. The summed E-state index contributed by atoms with van der Waals surface area (Å²) in [5.74, 6) is 0.844. The Morgan fingerprint density at radius 2 is 1.68 bits per heavy atom. The smallest absolute Gasteiger partial charge is 0.269 e. The van der Waals surface area contributed by atoms with E-state index in [-0.39, 0.29) is 10.6 Å². The van der Waals surface area contributed by atoms with Crippen LogP contribution in [-0.4, -0.2) is 16.6 Å². The third-order valence-corrected chi connectivity index (χ3v) is 4.46. The molecule has 2 aromatic carbocycles. The van der Waals surface area contributed by atoms with E-state index in [1.165, 1.54) is 5.56 Å². The lowest BCUT2D eigenvalue weighted by Crippen LogP contribution is -2.03. The van der Waals surface area contributed by atoms with Gasteiger partial charge in [-0.25, -0.2) is 0 Å². The Morgan fingerprint density at radius 3 is 2.24 bits per heavy atom. The van der Waals surface area contributed by atoms with E-state index in [1.54, 1.807) is 31.4 Å². The van der Waals surface area contributed by atoms with Crippen LogP contribution in [0.25, 0.3) is 11.1 Å². The molecule has 5 nitrogen and oxygen atoms in total. The molecule has 0 aliphatic heterocycles. The zero-order valence-corrected chi connectivity index (χ0v) is 14.5. The predicted molar refractivity (Wildman–Crippen MR) is 98.1 cm³/mol. The number of nitro benzene ring substituents is 1. The molecular weight excluding hydrogens is 316 g/mol. The number of hydrogen-bond donors (Lipinski definition) is 0. The minimum absolute atomic E-state index is 0.107. The van der Waals surface area contributed by atoms with Crippen LogP contribution in [0.2, 0.25) is 0 Å². The van der Waals surface area contributed by atoms with Gasteiger partial charge in [-0.2, -0.15) is 0 Å². The van der Waals surface area contributed by atoms with E-state index in [0.29, 0.717) is 0 Å². The number of methoxy groups -OCH3 is 1.